The molecule has 11 heteroatoms. The van der Waals surface area contributed by atoms with Crippen LogP contribution in [0.3, 0.4) is 0 Å². The standard InChI is InChI=1S/C29H37N7O4/c37-25-4-2-1-3-22(25)23-11-24-27(32-31-23)30-16-21-17-33(5-10-36(21)24)18-26(38)35-8-6-34(7-9-35)20-14-29(15-20)12-19(13-29)28(39)40/h1-4,11,19-21,37H,5-10,12-18H2,(H,30,32)(H,39,40)/t19?,20?,21-,29?/m0/s1. The zero-order valence-electron chi connectivity index (χ0n) is 22.7. The van der Waals surface area contributed by atoms with Gasteiger partial charge in [-0.05, 0) is 49.3 Å². The molecule has 1 atom stereocenters. The van der Waals surface area contributed by atoms with Crippen LogP contribution in [-0.2, 0) is 9.59 Å². The number of fused-ring (bicyclic) bond motifs is 3. The van der Waals surface area contributed by atoms with E-state index in [1.165, 1.54) is 0 Å². The first-order valence-electron chi connectivity index (χ1n) is 14.5. The Labute approximate surface area is 233 Å². The molecule has 2 saturated heterocycles. The molecule has 5 aliphatic rings. The SMILES string of the molecule is O=C(O)C1CC2(C1)CC(N1CCN(C(=O)CN3CCN4c5cc(-c6ccccc6O)nnc5NC[C@H]4C3)CC1)C2. The van der Waals surface area contributed by atoms with Crippen LogP contribution in [0.15, 0.2) is 30.3 Å². The molecule has 2 saturated carbocycles. The molecule has 2 aliphatic carbocycles. The third kappa shape index (κ3) is 4.54. The number of phenolic OH excluding ortho intramolecular Hbond substituents is 1. The number of para-hydroxylation sites is 1. The highest BCUT2D eigenvalue weighted by atomic mass is 16.4. The van der Waals surface area contributed by atoms with Gasteiger partial charge in [-0.3, -0.25) is 19.4 Å². The number of rotatable bonds is 5. The van der Waals surface area contributed by atoms with E-state index in [-0.39, 0.29) is 29.0 Å². The maximum Gasteiger partial charge on any atom is 0.306 e. The van der Waals surface area contributed by atoms with Gasteiger partial charge in [0.1, 0.15) is 5.75 Å². The number of aliphatic carboxylic acids is 1. The van der Waals surface area contributed by atoms with Gasteiger partial charge in [0, 0.05) is 64.0 Å². The van der Waals surface area contributed by atoms with Crippen LogP contribution >= 0.6 is 0 Å². The minimum atomic E-state index is -0.639. The highest BCUT2D eigenvalue weighted by Crippen LogP contribution is 2.60. The highest BCUT2D eigenvalue weighted by Gasteiger charge is 2.56. The summed E-state index contributed by atoms with van der Waals surface area (Å²) < 4.78 is 0. The molecule has 1 aromatic carbocycles. The highest BCUT2D eigenvalue weighted by molar-refractivity contribution is 5.79. The number of hydrogen-bond donors (Lipinski definition) is 3. The summed E-state index contributed by atoms with van der Waals surface area (Å²) in [5.41, 5.74) is 2.58. The lowest BCUT2D eigenvalue weighted by atomic mass is 9.49. The van der Waals surface area contributed by atoms with Crippen molar-refractivity contribution in [3.63, 3.8) is 0 Å². The van der Waals surface area contributed by atoms with Crippen molar-refractivity contribution in [2.24, 2.45) is 11.3 Å². The van der Waals surface area contributed by atoms with E-state index in [0.29, 0.717) is 23.8 Å². The van der Waals surface area contributed by atoms with E-state index in [1.807, 2.05) is 23.1 Å². The number of carbonyl (C=O) groups excluding carboxylic acids is 1. The number of piperazine rings is 2. The van der Waals surface area contributed by atoms with Gasteiger partial charge < -0.3 is 25.3 Å². The largest absolute Gasteiger partial charge is 0.507 e. The fourth-order valence-electron chi connectivity index (χ4n) is 7.64. The number of aromatic nitrogens is 2. The second kappa shape index (κ2) is 9.88. The van der Waals surface area contributed by atoms with Crippen molar-refractivity contribution in [3.8, 4) is 17.0 Å². The summed E-state index contributed by atoms with van der Waals surface area (Å²) in [7, 11) is 0. The van der Waals surface area contributed by atoms with E-state index in [9.17, 15) is 19.8 Å². The van der Waals surface area contributed by atoms with E-state index in [1.54, 1.807) is 12.1 Å². The van der Waals surface area contributed by atoms with Crippen LogP contribution in [0, 0.1) is 11.3 Å². The van der Waals surface area contributed by atoms with Crippen LogP contribution in [0.5, 0.6) is 5.75 Å². The third-order valence-corrected chi connectivity index (χ3v) is 9.92. The molecule has 4 fully saturated rings. The number of nitrogens with zero attached hydrogens (tertiary/aromatic N) is 6. The molecule has 4 heterocycles. The van der Waals surface area contributed by atoms with Gasteiger partial charge in [-0.25, -0.2) is 0 Å². The van der Waals surface area contributed by atoms with Crippen molar-refractivity contribution < 1.29 is 19.8 Å². The van der Waals surface area contributed by atoms with Gasteiger partial charge in [0.05, 0.1) is 29.9 Å². The fourth-order valence-corrected chi connectivity index (χ4v) is 7.64. The van der Waals surface area contributed by atoms with Gasteiger partial charge >= 0.3 is 5.97 Å². The predicted octanol–water partition coefficient (Wildman–Crippen LogP) is 1.55. The summed E-state index contributed by atoms with van der Waals surface area (Å²) in [4.78, 5) is 33.5. The van der Waals surface area contributed by atoms with E-state index in [4.69, 9.17) is 0 Å². The molecule has 212 valence electrons. The molecule has 0 unspecified atom stereocenters. The average Bonchev–Trinajstić information content (AvgIpc) is 2.91. The number of phenols is 1. The van der Waals surface area contributed by atoms with E-state index in [0.717, 1.165) is 89.5 Å². The topological polar surface area (TPSA) is 125 Å². The molecule has 0 bridgehead atoms. The number of nitrogens with one attached hydrogen (secondary N) is 1. The molecule has 11 nitrogen and oxygen atoms in total. The van der Waals surface area contributed by atoms with Gasteiger partial charge in [-0.1, -0.05) is 12.1 Å². The zero-order valence-corrected chi connectivity index (χ0v) is 22.7. The summed E-state index contributed by atoms with van der Waals surface area (Å²) in [5.74, 6) is 0.379. The summed E-state index contributed by atoms with van der Waals surface area (Å²) >= 11 is 0. The Morgan fingerprint density at radius 1 is 0.975 bits per heavy atom. The van der Waals surface area contributed by atoms with Crippen molar-refractivity contribution in [2.45, 2.75) is 37.8 Å². The van der Waals surface area contributed by atoms with Gasteiger partial charge in [0.2, 0.25) is 5.91 Å². The minimum absolute atomic E-state index is 0.133. The van der Waals surface area contributed by atoms with Crippen molar-refractivity contribution in [3.05, 3.63) is 30.3 Å². The van der Waals surface area contributed by atoms with Gasteiger partial charge in [-0.15, -0.1) is 10.2 Å². The Hall–Kier alpha value is -3.44. The molecule has 1 spiro atoms. The van der Waals surface area contributed by atoms with E-state index >= 15 is 0 Å². The number of carboxylic acids is 1. The summed E-state index contributed by atoms with van der Waals surface area (Å²) in [6, 6.07) is 9.95. The predicted molar refractivity (Wildman–Crippen MR) is 149 cm³/mol. The third-order valence-electron chi connectivity index (χ3n) is 9.92. The second-order valence-corrected chi connectivity index (χ2v) is 12.4. The summed E-state index contributed by atoms with van der Waals surface area (Å²) in [5, 5.41) is 31.6. The number of amides is 1. The van der Waals surface area contributed by atoms with Crippen molar-refractivity contribution in [2.75, 3.05) is 69.1 Å². The Morgan fingerprint density at radius 3 is 2.50 bits per heavy atom. The van der Waals surface area contributed by atoms with E-state index < -0.39 is 5.97 Å². The van der Waals surface area contributed by atoms with Crippen LogP contribution in [0.4, 0.5) is 11.5 Å². The number of benzene rings is 1. The Balaban J connectivity index is 0.904. The average molecular weight is 548 g/mol. The van der Waals surface area contributed by atoms with Crippen LogP contribution in [0.2, 0.25) is 0 Å². The lowest BCUT2D eigenvalue weighted by Crippen LogP contribution is -2.62. The molecule has 2 aromatic rings. The molecule has 7 rings (SSSR count). The lowest BCUT2D eigenvalue weighted by Gasteiger charge is -2.60. The molecular weight excluding hydrogens is 510 g/mol. The smallest absolute Gasteiger partial charge is 0.306 e. The maximum atomic E-state index is 13.2. The zero-order chi connectivity index (χ0) is 27.4. The van der Waals surface area contributed by atoms with Crippen molar-refractivity contribution >= 4 is 23.4 Å². The van der Waals surface area contributed by atoms with Crippen molar-refractivity contribution in [1.29, 1.82) is 0 Å². The monoisotopic (exact) mass is 547 g/mol. The van der Waals surface area contributed by atoms with Crippen LogP contribution < -0.4 is 10.2 Å². The summed E-state index contributed by atoms with van der Waals surface area (Å²) in [6.45, 7) is 6.95. The van der Waals surface area contributed by atoms with Gasteiger partial charge in [0.25, 0.3) is 0 Å². The second-order valence-electron chi connectivity index (χ2n) is 12.4. The number of aromatic hydroxyl groups is 1. The Morgan fingerprint density at radius 2 is 1.75 bits per heavy atom. The van der Waals surface area contributed by atoms with Crippen LogP contribution in [-0.4, -0.2) is 118 Å². The normalized spacial score (nSPS) is 30.1. The summed E-state index contributed by atoms with van der Waals surface area (Å²) in [6.07, 6.45) is 3.93. The first kappa shape index (κ1) is 25.5. The number of carboxylic acid groups (broad SMARTS) is 1. The first-order valence-corrected chi connectivity index (χ1v) is 14.5. The maximum absolute atomic E-state index is 13.2. The molecule has 40 heavy (non-hydrogen) atoms. The quantitative estimate of drug-likeness (QED) is 0.508. The molecule has 3 N–H and O–H groups in total. The number of hydrogen-bond acceptors (Lipinski definition) is 9. The van der Waals surface area contributed by atoms with Crippen LogP contribution in [0.25, 0.3) is 11.3 Å². The molecular formula is C29H37N7O4. The number of anilines is 2. The first-order chi connectivity index (χ1) is 19.4. The number of carbonyl (C=O) groups is 2. The van der Waals surface area contributed by atoms with Crippen LogP contribution in [0.1, 0.15) is 25.7 Å². The molecule has 0 radical (unpaired) electrons. The Bertz CT molecular complexity index is 1300. The fraction of sp³-hybridized carbons (Fsp3) is 0.586. The minimum Gasteiger partial charge on any atom is -0.507 e. The molecule has 1 amide bonds. The van der Waals surface area contributed by atoms with Crippen molar-refractivity contribution in [1.82, 2.24) is 24.9 Å². The van der Waals surface area contributed by atoms with Gasteiger partial charge in [-0.2, -0.15) is 0 Å². The lowest BCUT2D eigenvalue weighted by molar-refractivity contribution is -0.160. The molecule has 1 aromatic heterocycles. The molecule has 3 aliphatic heterocycles. The Kier molecular flexibility index (Phi) is 6.31. The van der Waals surface area contributed by atoms with Gasteiger partial charge in [0.15, 0.2) is 5.82 Å². The van der Waals surface area contributed by atoms with E-state index in [2.05, 4.69) is 30.2 Å².